The molecule has 1 aromatic carbocycles. The van der Waals surface area contributed by atoms with Gasteiger partial charge in [0.1, 0.15) is 19.0 Å². The second-order valence-corrected chi connectivity index (χ2v) is 6.32. The summed E-state index contributed by atoms with van der Waals surface area (Å²) in [7, 11) is 0. The molecule has 0 unspecified atom stereocenters. The molecule has 5 heteroatoms. The SMILES string of the molecule is CC=CC=CC(=O)OCCOc1ccccc1.CCCCCCCCOCCO. The number of aliphatic hydroxyl groups excluding tert-OH is 1. The Balaban J connectivity index is 0.000000578. The number of unbranched alkanes of at least 4 members (excludes halogenated alkanes) is 5. The standard InChI is InChI=1S/C14H16O3.C10H22O2/c1-2-3-5-10-14(15)17-12-11-16-13-8-6-4-7-9-13;1-2-3-4-5-6-7-9-12-10-8-11/h2-10H,11-12H2,1H3;11H,2-10H2,1H3. The summed E-state index contributed by atoms with van der Waals surface area (Å²) in [6.45, 7) is 6.16. The largest absolute Gasteiger partial charge is 0.490 e. The number of hydrogen-bond donors (Lipinski definition) is 1. The summed E-state index contributed by atoms with van der Waals surface area (Å²) >= 11 is 0. The van der Waals surface area contributed by atoms with Crippen LogP contribution >= 0.6 is 0 Å². The Hall–Kier alpha value is -2.11. The maximum Gasteiger partial charge on any atom is 0.330 e. The summed E-state index contributed by atoms with van der Waals surface area (Å²) < 4.78 is 15.4. The minimum atomic E-state index is -0.361. The Morgan fingerprint density at radius 1 is 0.931 bits per heavy atom. The van der Waals surface area contributed by atoms with E-state index in [2.05, 4.69) is 6.92 Å². The van der Waals surface area contributed by atoms with Gasteiger partial charge >= 0.3 is 5.97 Å². The Morgan fingerprint density at radius 2 is 1.66 bits per heavy atom. The minimum Gasteiger partial charge on any atom is -0.490 e. The molecule has 0 atom stereocenters. The van der Waals surface area contributed by atoms with E-state index in [-0.39, 0.29) is 19.2 Å². The van der Waals surface area contributed by atoms with Crippen LogP contribution in [0.25, 0.3) is 0 Å². The molecule has 0 saturated carbocycles. The number of rotatable bonds is 15. The second-order valence-electron chi connectivity index (χ2n) is 6.32. The fourth-order valence-corrected chi connectivity index (χ4v) is 2.26. The first-order valence-electron chi connectivity index (χ1n) is 10.6. The van der Waals surface area contributed by atoms with Crippen LogP contribution in [0.3, 0.4) is 0 Å². The number of ether oxygens (including phenoxy) is 3. The fourth-order valence-electron chi connectivity index (χ4n) is 2.26. The molecule has 0 aliphatic heterocycles. The van der Waals surface area contributed by atoms with Gasteiger partial charge in [0.25, 0.3) is 0 Å². The van der Waals surface area contributed by atoms with Crippen LogP contribution in [0.4, 0.5) is 0 Å². The van der Waals surface area contributed by atoms with Crippen LogP contribution < -0.4 is 4.74 Å². The molecule has 29 heavy (non-hydrogen) atoms. The predicted molar refractivity (Wildman–Crippen MR) is 118 cm³/mol. The number of allylic oxidation sites excluding steroid dienone is 3. The van der Waals surface area contributed by atoms with Crippen molar-refractivity contribution >= 4 is 5.97 Å². The molecule has 5 nitrogen and oxygen atoms in total. The van der Waals surface area contributed by atoms with E-state index in [1.165, 1.54) is 38.2 Å². The lowest BCUT2D eigenvalue weighted by molar-refractivity contribution is -0.138. The molecule has 1 aromatic rings. The topological polar surface area (TPSA) is 65.0 Å². The Labute approximate surface area is 176 Å². The van der Waals surface area contributed by atoms with Gasteiger partial charge in [-0.2, -0.15) is 0 Å². The van der Waals surface area contributed by atoms with Gasteiger partial charge in [0, 0.05) is 12.7 Å². The third kappa shape index (κ3) is 20.4. The summed E-state index contributed by atoms with van der Waals surface area (Å²) in [6, 6.07) is 9.41. The smallest absolute Gasteiger partial charge is 0.330 e. The first kappa shape index (κ1) is 26.9. The van der Waals surface area contributed by atoms with Crippen molar-refractivity contribution in [3.8, 4) is 5.75 Å². The second kappa shape index (κ2) is 22.2. The first-order valence-corrected chi connectivity index (χ1v) is 10.6. The monoisotopic (exact) mass is 406 g/mol. The van der Waals surface area contributed by atoms with E-state index >= 15 is 0 Å². The maximum atomic E-state index is 11.1. The van der Waals surface area contributed by atoms with Crippen molar-refractivity contribution in [1.29, 1.82) is 0 Å². The number of esters is 1. The van der Waals surface area contributed by atoms with Crippen molar-refractivity contribution in [2.45, 2.75) is 52.4 Å². The molecule has 0 saturated heterocycles. The molecule has 0 amide bonds. The van der Waals surface area contributed by atoms with Crippen LogP contribution in [0.1, 0.15) is 52.4 Å². The number of carbonyl (C=O) groups is 1. The van der Waals surface area contributed by atoms with Gasteiger partial charge in [-0.05, 0) is 25.5 Å². The average Bonchev–Trinajstić information content (AvgIpc) is 2.75. The number of hydrogen-bond acceptors (Lipinski definition) is 5. The number of para-hydroxylation sites is 1. The van der Waals surface area contributed by atoms with Crippen molar-refractivity contribution < 1.29 is 24.1 Å². The van der Waals surface area contributed by atoms with Gasteiger partial charge in [0.2, 0.25) is 0 Å². The highest BCUT2D eigenvalue weighted by molar-refractivity contribution is 5.82. The van der Waals surface area contributed by atoms with Crippen LogP contribution in [0, 0.1) is 0 Å². The van der Waals surface area contributed by atoms with Crippen molar-refractivity contribution in [1.82, 2.24) is 0 Å². The van der Waals surface area contributed by atoms with E-state index in [0.717, 1.165) is 18.8 Å². The molecule has 0 radical (unpaired) electrons. The van der Waals surface area contributed by atoms with Gasteiger partial charge in [-0.15, -0.1) is 0 Å². The molecular weight excluding hydrogens is 368 g/mol. The van der Waals surface area contributed by atoms with Gasteiger partial charge in [-0.3, -0.25) is 0 Å². The molecule has 0 spiro atoms. The van der Waals surface area contributed by atoms with Gasteiger partial charge < -0.3 is 19.3 Å². The summed E-state index contributed by atoms with van der Waals surface area (Å²) in [4.78, 5) is 11.1. The first-order chi connectivity index (χ1) is 14.2. The number of aliphatic hydroxyl groups is 1. The summed E-state index contributed by atoms with van der Waals surface area (Å²) in [5.74, 6) is 0.410. The van der Waals surface area contributed by atoms with E-state index in [1.807, 2.05) is 43.3 Å². The fraction of sp³-hybridized carbons (Fsp3) is 0.542. The zero-order valence-electron chi connectivity index (χ0n) is 18.1. The molecule has 164 valence electrons. The third-order valence-corrected chi connectivity index (χ3v) is 3.75. The molecule has 1 N–H and O–H groups in total. The number of benzene rings is 1. The predicted octanol–water partition coefficient (Wildman–Crippen LogP) is 5.10. The molecule has 0 heterocycles. The van der Waals surface area contributed by atoms with E-state index in [0.29, 0.717) is 13.2 Å². The van der Waals surface area contributed by atoms with E-state index in [1.54, 1.807) is 12.2 Å². The van der Waals surface area contributed by atoms with Gasteiger partial charge in [-0.1, -0.05) is 75.5 Å². The molecule has 1 rings (SSSR count). The van der Waals surface area contributed by atoms with Crippen LogP contribution in [0.5, 0.6) is 5.75 Å². The van der Waals surface area contributed by atoms with Gasteiger partial charge in [0.15, 0.2) is 0 Å². The molecule has 0 aromatic heterocycles. The van der Waals surface area contributed by atoms with Crippen molar-refractivity contribution in [2.24, 2.45) is 0 Å². The molecule has 0 bridgehead atoms. The summed E-state index contributed by atoms with van der Waals surface area (Å²) in [5, 5.41) is 8.41. The number of carbonyl (C=O) groups excluding carboxylic acids is 1. The normalized spacial score (nSPS) is 10.7. The highest BCUT2D eigenvalue weighted by Crippen LogP contribution is 2.07. The lowest BCUT2D eigenvalue weighted by atomic mass is 10.1. The van der Waals surface area contributed by atoms with Crippen LogP contribution in [-0.2, 0) is 14.3 Å². The van der Waals surface area contributed by atoms with Crippen LogP contribution in [0.15, 0.2) is 54.6 Å². The minimum absolute atomic E-state index is 0.149. The molecular formula is C24H38O5. The van der Waals surface area contributed by atoms with E-state index in [4.69, 9.17) is 19.3 Å². The van der Waals surface area contributed by atoms with Crippen molar-refractivity contribution in [2.75, 3.05) is 33.0 Å². The molecule has 0 aliphatic carbocycles. The van der Waals surface area contributed by atoms with Gasteiger partial charge in [-0.25, -0.2) is 4.79 Å². The zero-order valence-corrected chi connectivity index (χ0v) is 18.1. The highest BCUT2D eigenvalue weighted by atomic mass is 16.6. The van der Waals surface area contributed by atoms with Crippen molar-refractivity contribution in [3.05, 3.63) is 54.6 Å². The highest BCUT2D eigenvalue weighted by Gasteiger charge is 1.96. The zero-order chi connectivity index (χ0) is 21.4. The van der Waals surface area contributed by atoms with Crippen molar-refractivity contribution in [3.63, 3.8) is 0 Å². The molecule has 0 aliphatic rings. The Kier molecular flexibility index (Phi) is 20.6. The molecule has 0 fully saturated rings. The third-order valence-electron chi connectivity index (χ3n) is 3.75. The summed E-state index contributed by atoms with van der Waals surface area (Å²) in [5.41, 5.74) is 0. The quantitative estimate of drug-likeness (QED) is 0.190. The Morgan fingerprint density at radius 3 is 2.34 bits per heavy atom. The van der Waals surface area contributed by atoms with E-state index < -0.39 is 0 Å². The average molecular weight is 407 g/mol. The van der Waals surface area contributed by atoms with E-state index in [9.17, 15) is 4.79 Å². The van der Waals surface area contributed by atoms with Crippen LogP contribution in [0.2, 0.25) is 0 Å². The maximum absolute atomic E-state index is 11.1. The van der Waals surface area contributed by atoms with Gasteiger partial charge in [0.05, 0.1) is 13.2 Å². The Bertz CT molecular complexity index is 515. The summed E-state index contributed by atoms with van der Waals surface area (Å²) in [6.07, 6.45) is 14.4. The lowest BCUT2D eigenvalue weighted by Crippen LogP contribution is -2.10. The lowest BCUT2D eigenvalue weighted by Gasteiger charge is -2.05. The van der Waals surface area contributed by atoms with Crippen LogP contribution in [-0.4, -0.2) is 44.1 Å².